The lowest BCUT2D eigenvalue weighted by Gasteiger charge is -2.43. The second-order valence-electron chi connectivity index (χ2n) is 12.0. The number of benzene rings is 1. The first-order valence-electron chi connectivity index (χ1n) is 13.6. The van der Waals surface area contributed by atoms with E-state index in [1.165, 1.54) is 87.1 Å². The van der Waals surface area contributed by atoms with Gasteiger partial charge in [0.05, 0.1) is 11.1 Å². The van der Waals surface area contributed by atoms with E-state index >= 15 is 0 Å². The van der Waals surface area contributed by atoms with Crippen molar-refractivity contribution in [3.05, 3.63) is 62.1 Å². The van der Waals surface area contributed by atoms with Gasteiger partial charge in [0, 0.05) is 56.0 Å². The molecule has 3 fully saturated rings. The Kier molecular flexibility index (Phi) is 4.13. The summed E-state index contributed by atoms with van der Waals surface area (Å²) >= 11 is 3.72. The summed E-state index contributed by atoms with van der Waals surface area (Å²) in [5.41, 5.74) is 14.8. The Balaban J connectivity index is 1.58. The molecule has 9 aliphatic rings. The molecule has 0 N–H and O–H groups in total. The molecular formula is C31H34Br+. The van der Waals surface area contributed by atoms with Crippen molar-refractivity contribution in [3.63, 3.8) is 0 Å². The zero-order chi connectivity index (χ0) is 21.0. The van der Waals surface area contributed by atoms with Crippen LogP contribution in [0.1, 0.15) is 146 Å². The highest BCUT2D eigenvalue weighted by Gasteiger charge is 2.51. The van der Waals surface area contributed by atoms with Gasteiger partial charge in [-0.25, -0.2) is 0 Å². The summed E-state index contributed by atoms with van der Waals surface area (Å²) in [6.07, 6.45) is 17.5. The van der Waals surface area contributed by atoms with E-state index in [9.17, 15) is 0 Å². The van der Waals surface area contributed by atoms with Crippen LogP contribution < -0.4 is 0 Å². The number of halogens is 1. The van der Waals surface area contributed by atoms with Crippen molar-refractivity contribution >= 4 is 15.9 Å². The van der Waals surface area contributed by atoms with Crippen LogP contribution in [0.5, 0.6) is 0 Å². The first-order chi connectivity index (χ1) is 15.8. The minimum Gasteiger partial charge on any atom is -0.0508 e. The largest absolute Gasteiger partial charge is 0.110 e. The minimum atomic E-state index is 0.815. The summed E-state index contributed by atoms with van der Waals surface area (Å²) in [5.74, 6) is 5.08. The normalized spacial score (nSPS) is 35.4. The molecule has 2 aromatic rings. The standard InChI is InChI=1S/C31H34Br/c32-24-15-13-23(14-16-24)31-29-21-9-5-19(6-10-21)27(29)25-17-1-2-18(4-3-17)26(25)28-20-7-11-22(12-8-20)30(28)31/h13-22H,1-12H2/q+1. The lowest BCUT2D eigenvalue weighted by Crippen LogP contribution is -2.29. The molecule has 11 rings (SSSR count). The Bertz CT molecular complexity index is 1040. The van der Waals surface area contributed by atoms with Gasteiger partial charge in [0.25, 0.3) is 0 Å². The maximum absolute atomic E-state index is 3.72. The minimum absolute atomic E-state index is 0.815. The van der Waals surface area contributed by atoms with Gasteiger partial charge in [-0.3, -0.25) is 0 Å². The van der Waals surface area contributed by atoms with E-state index in [2.05, 4.69) is 40.2 Å². The second-order valence-corrected chi connectivity index (χ2v) is 12.9. The van der Waals surface area contributed by atoms with Gasteiger partial charge in [0.1, 0.15) is 5.56 Å². The summed E-state index contributed by atoms with van der Waals surface area (Å²) in [6.45, 7) is 0. The fourth-order valence-electron chi connectivity index (χ4n) is 9.54. The van der Waals surface area contributed by atoms with Crippen LogP contribution in [0, 0.1) is 0 Å². The molecule has 1 heteroatoms. The van der Waals surface area contributed by atoms with Crippen molar-refractivity contribution in [2.45, 2.75) is 113 Å². The smallest absolute Gasteiger partial charge is 0.0508 e. The summed E-state index contributed by atoms with van der Waals surface area (Å²) in [4.78, 5) is 0. The SMILES string of the molecule is Brc1ccc(-c2c3c(c4c(c5[c+]2C2CCC5CC2)C2CCC4CC2)C2CCC3CC2)cc1. The van der Waals surface area contributed by atoms with E-state index in [1.54, 1.807) is 5.56 Å². The lowest BCUT2D eigenvalue weighted by molar-refractivity contribution is 0.321. The second kappa shape index (κ2) is 6.91. The predicted molar refractivity (Wildman–Crippen MR) is 136 cm³/mol. The van der Waals surface area contributed by atoms with Crippen molar-refractivity contribution in [1.82, 2.24) is 0 Å². The van der Waals surface area contributed by atoms with E-state index < -0.39 is 0 Å². The maximum Gasteiger partial charge on any atom is 0.110 e. The van der Waals surface area contributed by atoms with Gasteiger partial charge in [-0.1, -0.05) is 15.9 Å². The zero-order valence-electron chi connectivity index (χ0n) is 19.1. The summed E-state index contributed by atoms with van der Waals surface area (Å²) in [5, 5.41) is 0. The van der Waals surface area contributed by atoms with Gasteiger partial charge in [-0.2, -0.15) is 0 Å². The monoisotopic (exact) mass is 485 g/mol. The van der Waals surface area contributed by atoms with Crippen LogP contribution >= 0.6 is 15.9 Å². The molecule has 0 saturated heterocycles. The van der Waals surface area contributed by atoms with Crippen molar-refractivity contribution in [3.8, 4) is 11.1 Å². The van der Waals surface area contributed by atoms with Gasteiger partial charge in [0.2, 0.25) is 0 Å². The quantitative estimate of drug-likeness (QED) is 0.352. The molecule has 0 heterocycles. The Morgan fingerprint density at radius 2 is 1.00 bits per heavy atom. The third-order valence-electron chi connectivity index (χ3n) is 10.8. The molecule has 0 unspecified atom stereocenters. The lowest BCUT2D eigenvalue weighted by atomic mass is 9.58. The fraction of sp³-hybridized carbons (Fsp3) is 0.581. The molecule has 9 aliphatic carbocycles. The topological polar surface area (TPSA) is 0 Å². The van der Waals surface area contributed by atoms with Gasteiger partial charge < -0.3 is 0 Å². The van der Waals surface area contributed by atoms with E-state index in [0.717, 1.165) is 35.5 Å². The molecule has 2 aromatic carbocycles. The van der Waals surface area contributed by atoms with Crippen LogP contribution in [0.15, 0.2) is 28.7 Å². The van der Waals surface area contributed by atoms with Crippen LogP contribution in [-0.4, -0.2) is 0 Å². The van der Waals surface area contributed by atoms with Crippen molar-refractivity contribution in [1.29, 1.82) is 0 Å². The molecule has 6 bridgehead atoms. The average Bonchev–Trinajstić information content (AvgIpc) is 3.03. The number of rotatable bonds is 1. The molecule has 0 nitrogen and oxygen atoms in total. The predicted octanol–water partition coefficient (Wildman–Crippen LogP) is 9.66. The van der Waals surface area contributed by atoms with Gasteiger partial charge in [-0.05, 0) is 113 Å². The highest BCUT2D eigenvalue weighted by atomic mass is 79.9. The van der Waals surface area contributed by atoms with E-state index in [-0.39, 0.29) is 0 Å². The number of fused-ring (bicyclic) bond motifs is 6. The number of hydrogen-bond acceptors (Lipinski definition) is 0. The Hall–Kier alpha value is -1.21. The van der Waals surface area contributed by atoms with Crippen LogP contribution in [0.4, 0.5) is 0 Å². The van der Waals surface area contributed by atoms with Crippen LogP contribution in [0.3, 0.4) is 0 Å². The highest BCUT2D eigenvalue weighted by Crippen LogP contribution is 2.64. The average molecular weight is 487 g/mol. The van der Waals surface area contributed by atoms with Gasteiger partial charge in [-0.15, -0.1) is 0 Å². The molecule has 0 spiro atoms. The molecule has 32 heavy (non-hydrogen) atoms. The van der Waals surface area contributed by atoms with E-state index in [1.807, 2.05) is 33.4 Å². The summed E-state index contributed by atoms with van der Waals surface area (Å²) < 4.78 is 1.21. The van der Waals surface area contributed by atoms with E-state index in [0.29, 0.717) is 0 Å². The van der Waals surface area contributed by atoms with Crippen LogP contribution in [0.25, 0.3) is 11.1 Å². The molecule has 0 atom stereocenters. The molecule has 164 valence electrons. The Morgan fingerprint density at radius 3 is 1.59 bits per heavy atom. The highest BCUT2D eigenvalue weighted by molar-refractivity contribution is 9.10. The summed E-state index contributed by atoms with van der Waals surface area (Å²) in [6, 6.07) is 9.48. The molecular weight excluding hydrogens is 452 g/mol. The van der Waals surface area contributed by atoms with Crippen LogP contribution in [0.2, 0.25) is 0 Å². The first kappa shape index (κ1) is 19.1. The van der Waals surface area contributed by atoms with Crippen molar-refractivity contribution in [2.24, 2.45) is 0 Å². The Labute approximate surface area is 201 Å². The third-order valence-corrected chi connectivity index (χ3v) is 11.3. The van der Waals surface area contributed by atoms with Crippen molar-refractivity contribution < 1.29 is 0 Å². The van der Waals surface area contributed by atoms with Gasteiger partial charge >= 0.3 is 0 Å². The molecule has 0 aliphatic heterocycles. The zero-order valence-corrected chi connectivity index (χ0v) is 20.7. The molecule has 3 saturated carbocycles. The molecule has 0 amide bonds. The summed E-state index contributed by atoms with van der Waals surface area (Å²) in [7, 11) is 0. The Morgan fingerprint density at radius 1 is 0.531 bits per heavy atom. The van der Waals surface area contributed by atoms with Crippen LogP contribution in [-0.2, 0) is 0 Å². The molecule has 0 aromatic heterocycles. The third kappa shape index (κ3) is 2.47. The van der Waals surface area contributed by atoms with E-state index in [4.69, 9.17) is 0 Å². The fourth-order valence-corrected chi connectivity index (χ4v) is 9.81. The van der Waals surface area contributed by atoms with Crippen molar-refractivity contribution in [2.75, 3.05) is 0 Å². The maximum atomic E-state index is 3.72. The number of hydrogen-bond donors (Lipinski definition) is 0. The molecule has 0 radical (unpaired) electrons. The first-order valence-corrected chi connectivity index (χ1v) is 14.4. The van der Waals surface area contributed by atoms with Gasteiger partial charge in [0.15, 0.2) is 0 Å².